The molecule has 0 atom stereocenters. The van der Waals surface area contributed by atoms with Gasteiger partial charge in [0, 0.05) is 12.8 Å². The predicted octanol–water partition coefficient (Wildman–Crippen LogP) is 2.64. The van der Waals surface area contributed by atoms with Gasteiger partial charge in [-0.15, -0.1) is 0 Å². The Labute approximate surface area is 99.1 Å². The molecule has 1 fully saturated rings. The number of carbonyl (C=O) groups is 1. The van der Waals surface area contributed by atoms with Crippen LogP contribution in [0.4, 0.5) is 0 Å². The Balaban J connectivity index is 2.36. The first kappa shape index (κ1) is 11.1. The van der Waals surface area contributed by atoms with E-state index in [4.69, 9.17) is 11.6 Å². The summed E-state index contributed by atoms with van der Waals surface area (Å²) in [5.41, 5.74) is 0.0636. The fraction of sp³-hybridized carbons (Fsp3) is 0.417. The number of nitrogens with zero attached hydrogens (tertiary/aromatic N) is 2. The average Bonchev–Trinajstić information content (AvgIpc) is 2.31. The van der Waals surface area contributed by atoms with Crippen LogP contribution in [0.15, 0.2) is 18.2 Å². The van der Waals surface area contributed by atoms with Crippen LogP contribution in [0.2, 0.25) is 5.15 Å². The number of nitriles is 1. The monoisotopic (exact) mass is 234 g/mol. The summed E-state index contributed by atoms with van der Waals surface area (Å²) in [4.78, 5) is 15.4. The van der Waals surface area contributed by atoms with E-state index in [-0.39, 0.29) is 5.78 Å². The third kappa shape index (κ3) is 1.94. The molecule has 82 valence electrons. The summed E-state index contributed by atoms with van der Waals surface area (Å²) < 4.78 is 0. The Bertz CT molecular complexity index is 454. The average molecular weight is 235 g/mol. The third-order valence-corrected chi connectivity index (χ3v) is 3.29. The van der Waals surface area contributed by atoms with Crippen molar-refractivity contribution < 1.29 is 4.79 Å². The molecule has 0 aromatic carbocycles. The van der Waals surface area contributed by atoms with Crippen molar-refractivity contribution in [3.05, 3.63) is 29.0 Å². The van der Waals surface area contributed by atoms with E-state index >= 15 is 0 Å². The molecule has 1 heterocycles. The van der Waals surface area contributed by atoms with Crippen LogP contribution in [-0.2, 0) is 10.2 Å². The molecule has 0 saturated heterocycles. The zero-order chi connectivity index (χ0) is 11.6. The zero-order valence-electron chi connectivity index (χ0n) is 8.74. The van der Waals surface area contributed by atoms with Crippen molar-refractivity contribution in [2.75, 3.05) is 0 Å². The highest BCUT2D eigenvalue weighted by molar-refractivity contribution is 6.29. The van der Waals surface area contributed by atoms with Crippen molar-refractivity contribution in [3.8, 4) is 6.07 Å². The lowest BCUT2D eigenvalue weighted by Crippen LogP contribution is -2.31. The van der Waals surface area contributed by atoms with Gasteiger partial charge < -0.3 is 0 Å². The van der Waals surface area contributed by atoms with Crippen LogP contribution in [0, 0.1) is 11.3 Å². The SMILES string of the molecule is N#CC1(c2cccc(Cl)n2)CCC(=O)CC1. The van der Waals surface area contributed by atoms with Gasteiger partial charge in [-0.05, 0) is 25.0 Å². The van der Waals surface area contributed by atoms with Crippen LogP contribution in [0.5, 0.6) is 0 Å². The minimum absolute atomic E-state index is 0.230. The minimum Gasteiger partial charge on any atom is -0.300 e. The van der Waals surface area contributed by atoms with Crippen molar-refractivity contribution in [1.82, 2.24) is 4.98 Å². The highest BCUT2D eigenvalue weighted by Gasteiger charge is 2.37. The fourth-order valence-corrected chi connectivity index (χ4v) is 2.22. The van der Waals surface area contributed by atoms with Gasteiger partial charge in [-0.25, -0.2) is 4.98 Å². The summed E-state index contributed by atoms with van der Waals surface area (Å²) in [6.07, 6.45) is 2.02. The molecule has 2 rings (SSSR count). The van der Waals surface area contributed by atoms with E-state index in [1.54, 1.807) is 12.1 Å². The number of ketones is 1. The number of Topliss-reactive ketones (excluding diaryl/α,β-unsaturated/α-hetero) is 1. The van der Waals surface area contributed by atoms with Gasteiger partial charge in [-0.3, -0.25) is 4.79 Å². The van der Waals surface area contributed by atoms with Gasteiger partial charge in [0.15, 0.2) is 0 Å². The van der Waals surface area contributed by atoms with E-state index in [1.807, 2.05) is 6.07 Å². The molecule has 1 aliphatic carbocycles. The van der Waals surface area contributed by atoms with Crippen LogP contribution in [0.3, 0.4) is 0 Å². The van der Waals surface area contributed by atoms with E-state index in [0.29, 0.717) is 36.5 Å². The first-order valence-corrected chi connectivity index (χ1v) is 5.60. The second-order valence-corrected chi connectivity index (χ2v) is 4.47. The number of rotatable bonds is 1. The molecule has 1 saturated carbocycles. The highest BCUT2D eigenvalue weighted by atomic mass is 35.5. The number of carbonyl (C=O) groups excluding carboxylic acids is 1. The van der Waals surface area contributed by atoms with Gasteiger partial charge in [-0.1, -0.05) is 17.7 Å². The summed E-state index contributed by atoms with van der Waals surface area (Å²) in [6, 6.07) is 7.60. The maximum Gasteiger partial charge on any atom is 0.133 e. The molecule has 16 heavy (non-hydrogen) atoms. The Hall–Kier alpha value is -1.40. The number of hydrogen-bond donors (Lipinski definition) is 0. The van der Waals surface area contributed by atoms with Crippen LogP contribution >= 0.6 is 11.6 Å². The first-order chi connectivity index (χ1) is 7.66. The number of aromatic nitrogens is 1. The van der Waals surface area contributed by atoms with Gasteiger partial charge in [0.05, 0.1) is 11.8 Å². The largest absolute Gasteiger partial charge is 0.300 e. The van der Waals surface area contributed by atoms with E-state index in [9.17, 15) is 10.1 Å². The molecule has 0 radical (unpaired) electrons. The molecular weight excluding hydrogens is 224 g/mol. The van der Waals surface area contributed by atoms with Crippen LogP contribution in [0.25, 0.3) is 0 Å². The van der Waals surface area contributed by atoms with Crippen LogP contribution in [-0.4, -0.2) is 10.8 Å². The Morgan fingerprint density at radius 3 is 2.62 bits per heavy atom. The number of hydrogen-bond acceptors (Lipinski definition) is 3. The maximum atomic E-state index is 11.2. The molecule has 1 aromatic rings. The quantitative estimate of drug-likeness (QED) is 0.702. The van der Waals surface area contributed by atoms with Crippen molar-refractivity contribution >= 4 is 17.4 Å². The fourth-order valence-electron chi connectivity index (χ4n) is 2.06. The van der Waals surface area contributed by atoms with E-state index < -0.39 is 5.41 Å². The van der Waals surface area contributed by atoms with Crippen LogP contribution in [0.1, 0.15) is 31.4 Å². The summed E-state index contributed by atoms with van der Waals surface area (Å²) in [5.74, 6) is 0.230. The lowest BCUT2D eigenvalue weighted by molar-refractivity contribution is -0.121. The molecule has 0 bridgehead atoms. The van der Waals surface area contributed by atoms with E-state index in [0.717, 1.165) is 0 Å². The predicted molar refractivity (Wildman–Crippen MR) is 60.0 cm³/mol. The Morgan fingerprint density at radius 1 is 1.38 bits per heavy atom. The molecule has 0 N–H and O–H groups in total. The van der Waals surface area contributed by atoms with E-state index in [2.05, 4.69) is 11.1 Å². The van der Waals surface area contributed by atoms with Crippen molar-refractivity contribution in [2.24, 2.45) is 0 Å². The van der Waals surface area contributed by atoms with Gasteiger partial charge >= 0.3 is 0 Å². The van der Waals surface area contributed by atoms with Gasteiger partial charge in [0.1, 0.15) is 16.4 Å². The molecule has 0 aliphatic heterocycles. The standard InChI is InChI=1S/C12H11ClN2O/c13-11-3-1-2-10(15-11)12(8-14)6-4-9(16)5-7-12/h1-3H,4-7H2. The second kappa shape index (κ2) is 4.23. The van der Waals surface area contributed by atoms with Gasteiger partial charge in [-0.2, -0.15) is 5.26 Å². The zero-order valence-corrected chi connectivity index (χ0v) is 9.50. The third-order valence-electron chi connectivity index (χ3n) is 3.08. The smallest absolute Gasteiger partial charge is 0.133 e. The molecule has 0 amide bonds. The summed E-state index contributed by atoms with van der Waals surface area (Å²) in [7, 11) is 0. The first-order valence-electron chi connectivity index (χ1n) is 5.22. The molecule has 0 spiro atoms. The lowest BCUT2D eigenvalue weighted by Gasteiger charge is -2.29. The summed E-state index contributed by atoms with van der Waals surface area (Å²) in [5, 5.41) is 9.72. The minimum atomic E-state index is -0.626. The Morgan fingerprint density at radius 2 is 2.06 bits per heavy atom. The van der Waals surface area contributed by atoms with E-state index in [1.165, 1.54) is 0 Å². The van der Waals surface area contributed by atoms with Gasteiger partial charge in [0.2, 0.25) is 0 Å². The summed E-state index contributed by atoms with van der Waals surface area (Å²) in [6.45, 7) is 0. The topological polar surface area (TPSA) is 53.8 Å². The molecule has 1 aliphatic rings. The van der Waals surface area contributed by atoms with Crippen molar-refractivity contribution in [1.29, 1.82) is 5.26 Å². The highest BCUT2D eigenvalue weighted by Crippen LogP contribution is 2.37. The second-order valence-electron chi connectivity index (χ2n) is 4.08. The summed E-state index contributed by atoms with van der Waals surface area (Å²) >= 11 is 5.82. The normalized spacial score (nSPS) is 19.1. The molecule has 1 aromatic heterocycles. The maximum absolute atomic E-state index is 11.2. The van der Waals surface area contributed by atoms with Crippen molar-refractivity contribution in [3.63, 3.8) is 0 Å². The Kier molecular flexibility index (Phi) is 2.93. The lowest BCUT2D eigenvalue weighted by atomic mass is 9.72. The number of pyridine rings is 1. The van der Waals surface area contributed by atoms with Crippen LogP contribution < -0.4 is 0 Å². The molecular formula is C12H11ClN2O. The van der Waals surface area contributed by atoms with Crippen molar-refractivity contribution in [2.45, 2.75) is 31.1 Å². The molecule has 4 heteroatoms. The molecule has 3 nitrogen and oxygen atoms in total. The number of halogens is 1. The van der Waals surface area contributed by atoms with Gasteiger partial charge in [0.25, 0.3) is 0 Å². The molecule has 0 unspecified atom stereocenters.